The van der Waals surface area contributed by atoms with Gasteiger partial charge < -0.3 is 24.8 Å². The van der Waals surface area contributed by atoms with Crippen LogP contribution in [0.2, 0.25) is 0 Å². The van der Waals surface area contributed by atoms with E-state index >= 15 is 0 Å². The number of hydrogen-bond donors (Lipinski definition) is 2. The van der Waals surface area contributed by atoms with Gasteiger partial charge in [-0.05, 0) is 51.3 Å². The Labute approximate surface area is 150 Å². The predicted octanol–water partition coefficient (Wildman–Crippen LogP) is 2.06. The fourth-order valence-electron chi connectivity index (χ4n) is 2.90. The average Bonchev–Trinajstić information content (AvgIpc) is 3.03. The summed E-state index contributed by atoms with van der Waals surface area (Å²) in [6, 6.07) is 6.07. The minimum atomic E-state index is -0.247. The Hall–Kier alpha value is -1.95. The molecule has 0 amide bonds. The molecule has 0 aromatic heterocycles. The molecule has 0 aliphatic carbocycles. The molecule has 0 spiro atoms. The molecule has 2 N–H and O–H groups in total. The zero-order valence-corrected chi connectivity index (χ0v) is 15.6. The van der Waals surface area contributed by atoms with Crippen LogP contribution < -0.4 is 14.8 Å². The Bertz CT molecular complexity index is 563. The van der Waals surface area contributed by atoms with Crippen LogP contribution in [0.5, 0.6) is 11.5 Å². The van der Waals surface area contributed by atoms with E-state index in [2.05, 4.69) is 23.2 Å². The largest absolute Gasteiger partial charge is 0.490 e. The number of hydrogen-bond acceptors (Lipinski definition) is 4. The van der Waals surface area contributed by atoms with Crippen LogP contribution in [0.4, 0.5) is 0 Å². The molecular formula is C19H31N3O3. The van der Waals surface area contributed by atoms with Crippen LogP contribution in [0, 0.1) is 0 Å². The molecule has 1 aliphatic rings. The molecule has 1 aliphatic heterocycles. The highest BCUT2D eigenvalue weighted by Crippen LogP contribution is 2.28. The van der Waals surface area contributed by atoms with Crippen LogP contribution in [0.15, 0.2) is 23.2 Å². The SMILES string of the molecule is CCNC(=NCCc1ccc(OCC)c(OCC)c1)N1CC[C@@H](O)C1. The molecule has 6 heteroatoms. The first-order valence-electron chi connectivity index (χ1n) is 9.27. The average molecular weight is 349 g/mol. The lowest BCUT2D eigenvalue weighted by Crippen LogP contribution is -2.40. The number of guanidine groups is 1. The first-order chi connectivity index (χ1) is 12.2. The number of aliphatic hydroxyl groups is 1. The maximum atomic E-state index is 9.72. The zero-order valence-electron chi connectivity index (χ0n) is 15.6. The van der Waals surface area contributed by atoms with Crippen molar-refractivity contribution in [3.63, 3.8) is 0 Å². The maximum absolute atomic E-state index is 9.72. The van der Waals surface area contributed by atoms with E-state index in [0.717, 1.165) is 43.4 Å². The lowest BCUT2D eigenvalue weighted by molar-refractivity contribution is 0.188. The minimum absolute atomic E-state index is 0.247. The van der Waals surface area contributed by atoms with E-state index in [-0.39, 0.29) is 6.10 Å². The third-order valence-electron chi connectivity index (χ3n) is 4.07. The molecule has 0 unspecified atom stereocenters. The molecule has 1 saturated heterocycles. The summed E-state index contributed by atoms with van der Waals surface area (Å²) in [5.74, 6) is 2.46. The Morgan fingerprint density at radius 3 is 2.64 bits per heavy atom. The van der Waals surface area contributed by atoms with Crippen molar-refractivity contribution in [2.45, 2.75) is 39.7 Å². The van der Waals surface area contributed by atoms with Gasteiger partial charge >= 0.3 is 0 Å². The lowest BCUT2D eigenvalue weighted by atomic mass is 10.1. The van der Waals surface area contributed by atoms with Gasteiger partial charge in [-0.2, -0.15) is 0 Å². The van der Waals surface area contributed by atoms with Gasteiger partial charge in [-0.1, -0.05) is 6.07 Å². The number of aliphatic imine (C=N–C) groups is 1. The lowest BCUT2D eigenvalue weighted by Gasteiger charge is -2.21. The molecule has 25 heavy (non-hydrogen) atoms. The van der Waals surface area contributed by atoms with Crippen molar-refractivity contribution in [3.8, 4) is 11.5 Å². The van der Waals surface area contributed by atoms with Crippen LogP contribution in [0.1, 0.15) is 32.8 Å². The van der Waals surface area contributed by atoms with Gasteiger partial charge in [-0.25, -0.2) is 0 Å². The molecule has 140 valence electrons. The van der Waals surface area contributed by atoms with Crippen molar-refractivity contribution < 1.29 is 14.6 Å². The van der Waals surface area contributed by atoms with E-state index in [1.54, 1.807) is 0 Å². The van der Waals surface area contributed by atoms with E-state index in [4.69, 9.17) is 14.5 Å². The normalized spacial score (nSPS) is 17.7. The summed E-state index contributed by atoms with van der Waals surface area (Å²) in [6.45, 7) is 10.3. The van der Waals surface area contributed by atoms with Gasteiger partial charge in [-0.15, -0.1) is 0 Å². The van der Waals surface area contributed by atoms with Crippen molar-refractivity contribution in [1.29, 1.82) is 0 Å². The number of aliphatic hydroxyl groups excluding tert-OH is 1. The molecule has 6 nitrogen and oxygen atoms in total. The summed E-state index contributed by atoms with van der Waals surface area (Å²) in [5.41, 5.74) is 1.17. The monoisotopic (exact) mass is 349 g/mol. The second kappa shape index (κ2) is 10.1. The van der Waals surface area contributed by atoms with Gasteiger partial charge in [0.1, 0.15) is 0 Å². The molecule has 0 bridgehead atoms. The van der Waals surface area contributed by atoms with Crippen molar-refractivity contribution in [1.82, 2.24) is 10.2 Å². The summed E-state index contributed by atoms with van der Waals surface area (Å²) in [6.07, 6.45) is 1.39. The van der Waals surface area contributed by atoms with E-state index < -0.39 is 0 Å². The second-order valence-corrected chi connectivity index (χ2v) is 6.02. The van der Waals surface area contributed by atoms with E-state index in [1.165, 1.54) is 5.56 Å². The second-order valence-electron chi connectivity index (χ2n) is 6.02. The predicted molar refractivity (Wildman–Crippen MR) is 101 cm³/mol. The van der Waals surface area contributed by atoms with Crippen LogP contribution >= 0.6 is 0 Å². The Morgan fingerprint density at radius 1 is 1.24 bits per heavy atom. The van der Waals surface area contributed by atoms with Gasteiger partial charge in [0.2, 0.25) is 0 Å². The van der Waals surface area contributed by atoms with Crippen LogP contribution in [-0.2, 0) is 6.42 Å². The quantitative estimate of drug-likeness (QED) is 0.555. The van der Waals surface area contributed by atoms with Crippen molar-refractivity contribution in [2.75, 3.05) is 39.4 Å². The van der Waals surface area contributed by atoms with E-state index in [1.807, 2.05) is 26.0 Å². The summed E-state index contributed by atoms with van der Waals surface area (Å²) < 4.78 is 11.3. The maximum Gasteiger partial charge on any atom is 0.194 e. The van der Waals surface area contributed by atoms with Crippen molar-refractivity contribution >= 4 is 5.96 Å². The van der Waals surface area contributed by atoms with Gasteiger partial charge in [-0.3, -0.25) is 4.99 Å². The van der Waals surface area contributed by atoms with Gasteiger partial charge in [0.25, 0.3) is 0 Å². The number of β-amino-alcohol motifs (C(OH)–C–C–N with tert-alkyl or cyclic N) is 1. The van der Waals surface area contributed by atoms with Crippen LogP contribution in [-0.4, -0.2) is 61.5 Å². The fourth-order valence-corrected chi connectivity index (χ4v) is 2.90. The smallest absolute Gasteiger partial charge is 0.194 e. The molecule has 0 radical (unpaired) electrons. The van der Waals surface area contributed by atoms with Crippen LogP contribution in [0.3, 0.4) is 0 Å². The summed E-state index contributed by atoms with van der Waals surface area (Å²) in [7, 11) is 0. The van der Waals surface area contributed by atoms with Gasteiger partial charge in [0, 0.05) is 26.2 Å². The molecular weight excluding hydrogens is 318 g/mol. The molecule has 1 fully saturated rings. The van der Waals surface area contributed by atoms with Gasteiger partial charge in [0.05, 0.1) is 19.3 Å². The first-order valence-corrected chi connectivity index (χ1v) is 9.27. The zero-order chi connectivity index (χ0) is 18.1. The highest BCUT2D eigenvalue weighted by Gasteiger charge is 2.22. The summed E-state index contributed by atoms with van der Waals surface area (Å²) in [5, 5.41) is 13.0. The highest BCUT2D eigenvalue weighted by atomic mass is 16.5. The summed E-state index contributed by atoms with van der Waals surface area (Å²) >= 11 is 0. The number of nitrogens with zero attached hydrogens (tertiary/aromatic N) is 2. The number of nitrogens with one attached hydrogen (secondary N) is 1. The molecule has 1 heterocycles. The van der Waals surface area contributed by atoms with E-state index in [9.17, 15) is 5.11 Å². The fraction of sp³-hybridized carbons (Fsp3) is 0.632. The first kappa shape index (κ1) is 19.4. The topological polar surface area (TPSA) is 66.3 Å². The van der Waals surface area contributed by atoms with Crippen molar-refractivity contribution in [2.24, 2.45) is 4.99 Å². The van der Waals surface area contributed by atoms with Crippen LogP contribution in [0.25, 0.3) is 0 Å². The molecule has 1 aromatic rings. The highest BCUT2D eigenvalue weighted by molar-refractivity contribution is 5.80. The van der Waals surface area contributed by atoms with E-state index in [0.29, 0.717) is 26.3 Å². The number of rotatable bonds is 8. The number of ether oxygens (including phenoxy) is 2. The summed E-state index contributed by atoms with van der Waals surface area (Å²) in [4.78, 5) is 6.83. The Morgan fingerprint density at radius 2 is 2.00 bits per heavy atom. The third-order valence-corrected chi connectivity index (χ3v) is 4.07. The number of benzene rings is 1. The molecule has 2 rings (SSSR count). The number of likely N-dealkylation sites (tertiary alicyclic amines) is 1. The Kier molecular flexibility index (Phi) is 7.85. The molecule has 0 saturated carbocycles. The van der Waals surface area contributed by atoms with Crippen molar-refractivity contribution in [3.05, 3.63) is 23.8 Å². The minimum Gasteiger partial charge on any atom is -0.490 e. The Balaban J connectivity index is 1.99. The molecule has 1 atom stereocenters. The molecule has 1 aromatic carbocycles. The van der Waals surface area contributed by atoms with Gasteiger partial charge in [0.15, 0.2) is 17.5 Å². The third kappa shape index (κ3) is 5.81. The standard InChI is InChI=1S/C19H31N3O3/c1-4-20-19(22-12-10-16(23)14-22)21-11-9-15-7-8-17(24-5-2)18(13-15)25-6-3/h7-8,13,16,23H,4-6,9-12,14H2,1-3H3,(H,20,21)/t16-/m1/s1.